The van der Waals surface area contributed by atoms with Gasteiger partial charge in [0.05, 0.1) is 5.41 Å². The first-order valence-electron chi connectivity index (χ1n) is 7.71. The molecule has 114 valence electrons. The van der Waals surface area contributed by atoms with Gasteiger partial charge in [-0.1, -0.05) is 55.3 Å². The average molecular weight is 296 g/mol. The van der Waals surface area contributed by atoms with E-state index >= 15 is 0 Å². The summed E-state index contributed by atoms with van der Waals surface area (Å²) in [4.78, 5) is 11.7. The van der Waals surface area contributed by atoms with E-state index in [-0.39, 0.29) is 0 Å². The highest BCUT2D eigenvalue weighted by Crippen LogP contribution is 2.41. The Labute approximate surface area is 130 Å². The van der Waals surface area contributed by atoms with Crippen molar-refractivity contribution in [2.75, 3.05) is 0 Å². The van der Waals surface area contributed by atoms with Crippen LogP contribution in [0.3, 0.4) is 0 Å². The number of hydrogen-bond donors (Lipinski definition) is 1. The molecule has 1 aliphatic carbocycles. The second-order valence-electron chi connectivity index (χ2n) is 5.89. The first-order valence-corrected chi connectivity index (χ1v) is 7.71. The van der Waals surface area contributed by atoms with Gasteiger partial charge in [-0.05, 0) is 36.1 Å². The van der Waals surface area contributed by atoms with Gasteiger partial charge in [0, 0.05) is 0 Å². The van der Waals surface area contributed by atoms with Gasteiger partial charge in [0.15, 0.2) is 0 Å². The number of ether oxygens (including phenoxy) is 1. The number of benzene rings is 2. The molecule has 0 aliphatic heterocycles. The van der Waals surface area contributed by atoms with Crippen LogP contribution in [0.5, 0.6) is 5.75 Å². The number of hydrogen-bond acceptors (Lipinski definition) is 2. The molecule has 0 saturated heterocycles. The quantitative estimate of drug-likeness (QED) is 0.901. The summed E-state index contributed by atoms with van der Waals surface area (Å²) in [6.07, 6.45) is 3.43. The third kappa shape index (κ3) is 2.84. The Kier molecular flexibility index (Phi) is 4.14. The van der Waals surface area contributed by atoms with Gasteiger partial charge in [0.25, 0.3) is 0 Å². The van der Waals surface area contributed by atoms with Crippen LogP contribution < -0.4 is 4.74 Å². The second kappa shape index (κ2) is 6.22. The van der Waals surface area contributed by atoms with Gasteiger partial charge in [-0.2, -0.15) is 0 Å². The molecule has 3 heteroatoms. The van der Waals surface area contributed by atoms with Gasteiger partial charge in [-0.3, -0.25) is 4.79 Å². The minimum absolute atomic E-state index is 0.518. The summed E-state index contributed by atoms with van der Waals surface area (Å²) in [5.74, 6) is 0.0640. The molecule has 22 heavy (non-hydrogen) atoms. The number of carboxylic acid groups (broad SMARTS) is 1. The van der Waals surface area contributed by atoms with Crippen LogP contribution in [0.25, 0.3) is 0 Å². The van der Waals surface area contributed by atoms with Crippen molar-refractivity contribution in [3.63, 3.8) is 0 Å². The normalized spacial score (nSPS) is 16.4. The molecule has 2 aromatic rings. The molecule has 0 bridgehead atoms. The van der Waals surface area contributed by atoms with Crippen molar-refractivity contribution in [2.24, 2.45) is 0 Å². The molecular weight excluding hydrogens is 276 g/mol. The van der Waals surface area contributed by atoms with Crippen LogP contribution in [0.15, 0.2) is 54.6 Å². The lowest BCUT2D eigenvalue weighted by atomic mass is 9.79. The third-order valence-electron chi connectivity index (χ3n) is 4.52. The van der Waals surface area contributed by atoms with E-state index in [2.05, 4.69) is 0 Å². The lowest BCUT2D eigenvalue weighted by molar-refractivity contribution is -0.143. The van der Waals surface area contributed by atoms with E-state index in [1.54, 1.807) is 0 Å². The Bertz CT molecular complexity index is 625. The van der Waals surface area contributed by atoms with E-state index in [1.165, 1.54) is 0 Å². The highest BCUT2D eigenvalue weighted by molar-refractivity contribution is 5.81. The molecule has 0 radical (unpaired) electrons. The fourth-order valence-corrected chi connectivity index (χ4v) is 3.22. The summed E-state index contributed by atoms with van der Waals surface area (Å²) in [5.41, 5.74) is 1.31. The monoisotopic (exact) mass is 296 g/mol. The maximum Gasteiger partial charge on any atom is 0.314 e. The summed E-state index contributed by atoms with van der Waals surface area (Å²) in [7, 11) is 0. The van der Waals surface area contributed by atoms with E-state index in [0.29, 0.717) is 6.61 Å². The van der Waals surface area contributed by atoms with Gasteiger partial charge < -0.3 is 9.84 Å². The van der Waals surface area contributed by atoms with Crippen LogP contribution in [-0.2, 0) is 16.8 Å². The number of rotatable bonds is 5. The van der Waals surface area contributed by atoms with E-state index in [1.807, 2.05) is 54.6 Å². The molecule has 0 amide bonds. The lowest BCUT2D eigenvalue weighted by Gasteiger charge is -2.24. The number of carbonyl (C=O) groups is 1. The van der Waals surface area contributed by atoms with E-state index in [4.69, 9.17) is 4.74 Å². The van der Waals surface area contributed by atoms with Crippen LogP contribution >= 0.6 is 0 Å². The Hall–Kier alpha value is -2.29. The topological polar surface area (TPSA) is 46.5 Å². The zero-order chi connectivity index (χ0) is 15.4. The first-order chi connectivity index (χ1) is 10.7. The molecule has 0 aromatic heterocycles. The fraction of sp³-hybridized carbons (Fsp3) is 0.316. The first kappa shape index (κ1) is 14.6. The highest BCUT2D eigenvalue weighted by Gasteiger charge is 2.42. The molecule has 0 atom stereocenters. The van der Waals surface area contributed by atoms with E-state index < -0.39 is 11.4 Å². The Morgan fingerprint density at radius 1 is 1.00 bits per heavy atom. The minimum Gasteiger partial charge on any atom is -0.489 e. The summed E-state index contributed by atoms with van der Waals surface area (Å²) in [5, 5.41) is 9.61. The van der Waals surface area contributed by atoms with E-state index in [0.717, 1.165) is 42.6 Å². The Morgan fingerprint density at radius 2 is 1.64 bits per heavy atom. The van der Waals surface area contributed by atoms with Gasteiger partial charge in [0.2, 0.25) is 0 Å². The van der Waals surface area contributed by atoms with Crippen LogP contribution in [0.4, 0.5) is 0 Å². The molecule has 1 saturated carbocycles. The summed E-state index contributed by atoms with van der Waals surface area (Å²) in [6.45, 7) is 0.518. The molecule has 2 aromatic carbocycles. The Balaban J connectivity index is 1.71. The van der Waals surface area contributed by atoms with E-state index in [9.17, 15) is 9.90 Å². The fourth-order valence-electron chi connectivity index (χ4n) is 3.22. The van der Waals surface area contributed by atoms with Crippen LogP contribution in [0.1, 0.15) is 36.8 Å². The van der Waals surface area contributed by atoms with Crippen molar-refractivity contribution in [3.8, 4) is 5.75 Å². The molecule has 3 nitrogen and oxygen atoms in total. The van der Waals surface area contributed by atoms with Crippen LogP contribution in [-0.4, -0.2) is 11.1 Å². The predicted octanol–water partition coefficient (Wildman–Crippen LogP) is 4.16. The highest BCUT2D eigenvalue weighted by atomic mass is 16.5. The van der Waals surface area contributed by atoms with Crippen LogP contribution in [0.2, 0.25) is 0 Å². The summed E-state index contributed by atoms with van der Waals surface area (Å²) >= 11 is 0. The summed E-state index contributed by atoms with van der Waals surface area (Å²) in [6, 6.07) is 17.5. The predicted molar refractivity (Wildman–Crippen MR) is 85.0 cm³/mol. The van der Waals surface area contributed by atoms with Crippen molar-refractivity contribution in [2.45, 2.75) is 37.7 Å². The molecule has 0 spiro atoms. The van der Waals surface area contributed by atoms with Gasteiger partial charge in [-0.25, -0.2) is 0 Å². The lowest BCUT2D eigenvalue weighted by Crippen LogP contribution is -2.32. The molecule has 0 heterocycles. The maximum atomic E-state index is 11.7. The molecule has 0 unspecified atom stereocenters. The van der Waals surface area contributed by atoms with Crippen molar-refractivity contribution in [1.82, 2.24) is 0 Å². The van der Waals surface area contributed by atoms with Crippen molar-refractivity contribution < 1.29 is 14.6 Å². The molecule has 1 aliphatic rings. The molecular formula is C19H20O3. The standard InChI is InChI=1S/C19H20O3/c20-18(21)19(12-4-5-13-19)16-8-10-17(11-9-16)22-14-15-6-2-1-3-7-15/h1-3,6-11H,4-5,12-14H2,(H,20,21). The smallest absolute Gasteiger partial charge is 0.314 e. The van der Waals surface area contributed by atoms with Crippen LogP contribution in [0, 0.1) is 0 Å². The maximum absolute atomic E-state index is 11.7. The van der Waals surface area contributed by atoms with Gasteiger partial charge in [0.1, 0.15) is 12.4 Å². The number of aliphatic carboxylic acids is 1. The zero-order valence-electron chi connectivity index (χ0n) is 12.5. The van der Waals surface area contributed by atoms with Crippen molar-refractivity contribution >= 4 is 5.97 Å². The largest absolute Gasteiger partial charge is 0.489 e. The zero-order valence-corrected chi connectivity index (χ0v) is 12.5. The molecule has 3 rings (SSSR count). The van der Waals surface area contributed by atoms with Crippen molar-refractivity contribution in [3.05, 3.63) is 65.7 Å². The number of carboxylic acids is 1. The van der Waals surface area contributed by atoms with Gasteiger partial charge >= 0.3 is 5.97 Å². The van der Waals surface area contributed by atoms with Gasteiger partial charge in [-0.15, -0.1) is 0 Å². The Morgan fingerprint density at radius 3 is 2.23 bits per heavy atom. The minimum atomic E-state index is -0.706. The average Bonchev–Trinajstić information content (AvgIpc) is 3.05. The van der Waals surface area contributed by atoms with Crippen molar-refractivity contribution in [1.29, 1.82) is 0 Å². The SMILES string of the molecule is O=C(O)C1(c2ccc(OCc3ccccc3)cc2)CCCC1. The second-order valence-corrected chi connectivity index (χ2v) is 5.89. The summed E-state index contributed by atoms with van der Waals surface area (Å²) < 4.78 is 5.76. The third-order valence-corrected chi connectivity index (χ3v) is 4.52. The molecule has 1 N–H and O–H groups in total. The molecule has 1 fully saturated rings.